The van der Waals surface area contributed by atoms with Crippen molar-refractivity contribution >= 4 is 21.8 Å². The van der Waals surface area contributed by atoms with Crippen LogP contribution in [0.5, 0.6) is 5.75 Å². The van der Waals surface area contributed by atoms with Gasteiger partial charge in [-0.1, -0.05) is 18.2 Å². The van der Waals surface area contributed by atoms with E-state index in [4.69, 9.17) is 4.74 Å². The van der Waals surface area contributed by atoms with Crippen molar-refractivity contribution < 1.29 is 13.9 Å². The van der Waals surface area contributed by atoms with Crippen LogP contribution in [-0.2, 0) is 6.61 Å². The molecule has 5 heteroatoms. The van der Waals surface area contributed by atoms with E-state index in [1.165, 1.54) is 6.07 Å². The smallest absolute Gasteiger partial charge is 0.255 e. The van der Waals surface area contributed by atoms with Gasteiger partial charge < -0.3 is 10.1 Å². The average molecular weight is 366 g/mol. The summed E-state index contributed by atoms with van der Waals surface area (Å²) in [6.07, 6.45) is 0. The molecule has 2 rings (SSSR count). The molecule has 2 aromatic carbocycles. The summed E-state index contributed by atoms with van der Waals surface area (Å²) in [7, 11) is 0. The van der Waals surface area contributed by atoms with Gasteiger partial charge in [-0.05, 0) is 59.1 Å². The fourth-order valence-electron chi connectivity index (χ4n) is 2.06. The fraction of sp³-hybridized carbons (Fsp3) is 0.235. The molecule has 0 aliphatic heterocycles. The van der Waals surface area contributed by atoms with Gasteiger partial charge in [0.15, 0.2) is 0 Å². The summed E-state index contributed by atoms with van der Waals surface area (Å²) in [6.45, 7) is 4.57. The second-order valence-corrected chi connectivity index (χ2v) is 5.70. The molecule has 0 aliphatic rings. The van der Waals surface area contributed by atoms with Crippen molar-refractivity contribution in [2.75, 3.05) is 6.54 Å². The third kappa shape index (κ3) is 3.85. The zero-order chi connectivity index (χ0) is 16.1. The van der Waals surface area contributed by atoms with Crippen LogP contribution in [0, 0.1) is 12.7 Å². The van der Waals surface area contributed by atoms with Crippen molar-refractivity contribution in [1.29, 1.82) is 0 Å². The Bertz CT molecular complexity index is 688. The normalized spacial score (nSPS) is 10.4. The van der Waals surface area contributed by atoms with Gasteiger partial charge in [0.2, 0.25) is 0 Å². The molecule has 3 nitrogen and oxygen atoms in total. The predicted octanol–water partition coefficient (Wildman–Crippen LogP) is 4.23. The minimum atomic E-state index is -0.317. The molecule has 0 saturated carbocycles. The van der Waals surface area contributed by atoms with Gasteiger partial charge in [-0.2, -0.15) is 0 Å². The van der Waals surface area contributed by atoms with E-state index in [2.05, 4.69) is 21.2 Å². The van der Waals surface area contributed by atoms with Crippen molar-refractivity contribution in [1.82, 2.24) is 5.32 Å². The lowest BCUT2D eigenvalue weighted by molar-refractivity contribution is 0.0951. The van der Waals surface area contributed by atoms with E-state index in [0.717, 1.165) is 11.1 Å². The molecule has 0 aliphatic carbocycles. The minimum absolute atomic E-state index is 0.165. The molecular weight excluding hydrogens is 349 g/mol. The van der Waals surface area contributed by atoms with E-state index in [1.807, 2.05) is 26.0 Å². The highest BCUT2D eigenvalue weighted by atomic mass is 79.9. The fourth-order valence-corrected chi connectivity index (χ4v) is 2.49. The number of amides is 1. The molecule has 116 valence electrons. The number of carbonyl (C=O) groups is 1. The standard InChI is InChI=1S/C17H17BrFNO2/c1-3-20-17(21)13-6-4-5-11(2)16(13)22-10-12-7-8-15(19)14(18)9-12/h4-9H,3,10H2,1-2H3,(H,20,21). The number of halogens is 2. The van der Waals surface area contributed by atoms with Gasteiger partial charge in [-0.25, -0.2) is 4.39 Å². The number of benzene rings is 2. The van der Waals surface area contributed by atoms with Gasteiger partial charge in [0.1, 0.15) is 18.2 Å². The average Bonchev–Trinajstić information content (AvgIpc) is 2.49. The Labute approximate surface area is 137 Å². The largest absolute Gasteiger partial charge is 0.488 e. The first-order valence-corrected chi connectivity index (χ1v) is 7.76. The molecule has 0 bridgehead atoms. The van der Waals surface area contributed by atoms with E-state index in [0.29, 0.717) is 22.3 Å². The third-order valence-corrected chi connectivity index (χ3v) is 3.77. The summed E-state index contributed by atoms with van der Waals surface area (Å²) in [4.78, 5) is 12.1. The second kappa shape index (κ2) is 7.40. The SMILES string of the molecule is CCNC(=O)c1cccc(C)c1OCc1ccc(F)c(Br)c1. The number of aryl methyl sites for hydroxylation is 1. The van der Waals surface area contributed by atoms with Gasteiger partial charge in [-0.15, -0.1) is 0 Å². The van der Waals surface area contributed by atoms with Gasteiger partial charge in [0, 0.05) is 6.54 Å². The molecule has 0 fully saturated rings. The number of ether oxygens (including phenoxy) is 1. The summed E-state index contributed by atoms with van der Waals surface area (Å²) in [5.74, 6) is 0.0676. The summed E-state index contributed by atoms with van der Waals surface area (Å²) in [5, 5.41) is 2.77. The number of hydrogen-bond acceptors (Lipinski definition) is 2. The molecular formula is C17H17BrFNO2. The number of para-hydroxylation sites is 1. The van der Waals surface area contributed by atoms with Gasteiger partial charge >= 0.3 is 0 Å². The highest BCUT2D eigenvalue weighted by molar-refractivity contribution is 9.10. The molecule has 2 aromatic rings. The Balaban J connectivity index is 2.21. The second-order valence-electron chi connectivity index (χ2n) is 4.85. The quantitative estimate of drug-likeness (QED) is 0.860. The maximum atomic E-state index is 13.2. The number of rotatable bonds is 5. The van der Waals surface area contributed by atoms with Crippen LogP contribution in [0.4, 0.5) is 4.39 Å². The maximum absolute atomic E-state index is 13.2. The first kappa shape index (κ1) is 16.5. The Kier molecular flexibility index (Phi) is 5.55. The lowest BCUT2D eigenvalue weighted by Crippen LogP contribution is -2.23. The topological polar surface area (TPSA) is 38.3 Å². The van der Waals surface area contributed by atoms with Crippen LogP contribution in [0.2, 0.25) is 0 Å². The molecule has 1 amide bonds. The molecule has 0 unspecified atom stereocenters. The monoisotopic (exact) mass is 365 g/mol. The zero-order valence-electron chi connectivity index (χ0n) is 12.5. The molecule has 22 heavy (non-hydrogen) atoms. The van der Waals surface area contributed by atoms with Crippen LogP contribution in [-0.4, -0.2) is 12.5 Å². The maximum Gasteiger partial charge on any atom is 0.255 e. The first-order valence-electron chi connectivity index (χ1n) is 6.97. The molecule has 0 spiro atoms. The molecule has 1 N–H and O–H groups in total. The molecule has 0 saturated heterocycles. The van der Waals surface area contributed by atoms with E-state index in [-0.39, 0.29) is 18.3 Å². The summed E-state index contributed by atoms with van der Waals surface area (Å²) < 4.78 is 19.4. The van der Waals surface area contributed by atoms with Crippen LogP contribution in [0.1, 0.15) is 28.4 Å². The molecule has 0 atom stereocenters. The number of nitrogens with one attached hydrogen (secondary N) is 1. The van der Waals surface area contributed by atoms with Gasteiger partial charge in [0.25, 0.3) is 5.91 Å². The number of carbonyl (C=O) groups excluding carboxylic acids is 1. The van der Waals surface area contributed by atoms with Crippen LogP contribution in [0.25, 0.3) is 0 Å². The van der Waals surface area contributed by atoms with E-state index >= 15 is 0 Å². The van der Waals surface area contributed by atoms with E-state index < -0.39 is 0 Å². The Morgan fingerprint density at radius 1 is 1.32 bits per heavy atom. The Morgan fingerprint density at radius 2 is 2.09 bits per heavy atom. The lowest BCUT2D eigenvalue weighted by atomic mass is 10.1. The predicted molar refractivity (Wildman–Crippen MR) is 87.6 cm³/mol. The van der Waals surface area contributed by atoms with Crippen molar-refractivity contribution in [2.45, 2.75) is 20.5 Å². The zero-order valence-corrected chi connectivity index (χ0v) is 14.0. The van der Waals surface area contributed by atoms with Crippen LogP contribution in [0.3, 0.4) is 0 Å². The summed E-state index contributed by atoms with van der Waals surface area (Å²) >= 11 is 3.15. The van der Waals surface area contributed by atoms with Crippen LogP contribution < -0.4 is 10.1 Å². The van der Waals surface area contributed by atoms with E-state index in [1.54, 1.807) is 18.2 Å². The Morgan fingerprint density at radius 3 is 2.77 bits per heavy atom. The van der Waals surface area contributed by atoms with Crippen molar-refractivity contribution in [3.05, 3.63) is 63.4 Å². The third-order valence-electron chi connectivity index (χ3n) is 3.16. The van der Waals surface area contributed by atoms with Crippen molar-refractivity contribution in [2.24, 2.45) is 0 Å². The molecule has 0 aromatic heterocycles. The Hall–Kier alpha value is -1.88. The lowest BCUT2D eigenvalue weighted by Gasteiger charge is -2.14. The minimum Gasteiger partial charge on any atom is -0.488 e. The highest BCUT2D eigenvalue weighted by Gasteiger charge is 2.14. The van der Waals surface area contributed by atoms with Crippen LogP contribution in [0.15, 0.2) is 40.9 Å². The molecule has 0 heterocycles. The highest BCUT2D eigenvalue weighted by Crippen LogP contribution is 2.25. The number of hydrogen-bond donors (Lipinski definition) is 1. The summed E-state index contributed by atoms with van der Waals surface area (Å²) in [5.41, 5.74) is 2.20. The van der Waals surface area contributed by atoms with E-state index in [9.17, 15) is 9.18 Å². The van der Waals surface area contributed by atoms with Gasteiger partial charge in [-0.3, -0.25) is 4.79 Å². The molecule has 0 radical (unpaired) electrons. The van der Waals surface area contributed by atoms with Gasteiger partial charge in [0.05, 0.1) is 10.0 Å². The van der Waals surface area contributed by atoms with Crippen molar-refractivity contribution in [3.8, 4) is 5.75 Å². The first-order chi connectivity index (χ1) is 10.5. The summed E-state index contributed by atoms with van der Waals surface area (Å²) in [6, 6.07) is 10.1. The van der Waals surface area contributed by atoms with Crippen molar-refractivity contribution in [3.63, 3.8) is 0 Å². The van der Waals surface area contributed by atoms with Crippen LogP contribution >= 0.6 is 15.9 Å².